The molecule has 2 rings (SSSR count). The normalized spacial score (nSPS) is 14.3. The third-order valence-electron chi connectivity index (χ3n) is 3.40. The van der Waals surface area contributed by atoms with Crippen molar-refractivity contribution in [1.29, 1.82) is 0 Å². The van der Waals surface area contributed by atoms with Crippen LogP contribution in [0.5, 0.6) is 5.75 Å². The highest BCUT2D eigenvalue weighted by Gasteiger charge is 2.33. The average molecular weight is 326 g/mol. The molecule has 1 fully saturated rings. The van der Waals surface area contributed by atoms with E-state index in [9.17, 15) is 4.79 Å². The molecule has 0 heterocycles. The SMILES string of the molecule is CCCCN(C(=O)c1ccc(Br)cc1OC)C1CC1. The van der Waals surface area contributed by atoms with E-state index in [0.717, 1.165) is 36.7 Å². The quantitative estimate of drug-likeness (QED) is 0.794. The van der Waals surface area contributed by atoms with Gasteiger partial charge in [-0.2, -0.15) is 0 Å². The van der Waals surface area contributed by atoms with Crippen molar-refractivity contribution in [2.75, 3.05) is 13.7 Å². The lowest BCUT2D eigenvalue weighted by atomic mass is 10.1. The van der Waals surface area contributed by atoms with Gasteiger partial charge in [-0.05, 0) is 37.5 Å². The number of nitrogens with zero attached hydrogens (tertiary/aromatic N) is 1. The Morgan fingerprint density at radius 2 is 2.21 bits per heavy atom. The lowest BCUT2D eigenvalue weighted by molar-refractivity contribution is 0.0737. The summed E-state index contributed by atoms with van der Waals surface area (Å²) >= 11 is 3.40. The van der Waals surface area contributed by atoms with Crippen molar-refractivity contribution in [3.8, 4) is 5.75 Å². The molecule has 0 aromatic heterocycles. The zero-order valence-corrected chi connectivity index (χ0v) is 13.1. The molecule has 0 saturated heterocycles. The summed E-state index contributed by atoms with van der Waals surface area (Å²) in [6, 6.07) is 6.01. The fourth-order valence-electron chi connectivity index (χ4n) is 2.16. The molecular weight excluding hydrogens is 306 g/mol. The second kappa shape index (κ2) is 6.42. The minimum Gasteiger partial charge on any atom is -0.496 e. The monoisotopic (exact) mass is 325 g/mol. The van der Waals surface area contributed by atoms with E-state index in [1.54, 1.807) is 7.11 Å². The molecule has 1 aliphatic rings. The number of ether oxygens (including phenoxy) is 1. The van der Waals surface area contributed by atoms with Gasteiger partial charge in [-0.25, -0.2) is 0 Å². The van der Waals surface area contributed by atoms with Crippen molar-refractivity contribution >= 4 is 21.8 Å². The van der Waals surface area contributed by atoms with Crippen LogP contribution < -0.4 is 4.74 Å². The summed E-state index contributed by atoms with van der Waals surface area (Å²) in [4.78, 5) is 14.7. The first-order valence-corrected chi connectivity index (χ1v) is 7.61. The van der Waals surface area contributed by atoms with E-state index in [2.05, 4.69) is 22.9 Å². The number of benzene rings is 1. The average Bonchev–Trinajstić information content (AvgIpc) is 3.23. The first kappa shape index (κ1) is 14.4. The molecule has 104 valence electrons. The third kappa shape index (κ3) is 3.50. The Morgan fingerprint density at radius 1 is 1.47 bits per heavy atom. The molecule has 1 aromatic rings. The maximum atomic E-state index is 12.7. The number of hydrogen-bond donors (Lipinski definition) is 0. The van der Waals surface area contributed by atoms with Crippen molar-refractivity contribution in [3.63, 3.8) is 0 Å². The van der Waals surface area contributed by atoms with Crippen molar-refractivity contribution in [2.45, 2.75) is 38.6 Å². The Balaban J connectivity index is 2.20. The molecule has 3 nitrogen and oxygen atoms in total. The van der Waals surface area contributed by atoms with Gasteiger partial charge in [0.15, 0.2) is 0 Å². The number of unbranched alkanes of at least 4 members (excludes halogenated alkanes) is 1. The molecule has 0 unspecified atom stereocenters. The molecule has 1 saturated carbocycles. The van der Waals surface area contributed by atoms with E-state index in [0.29, 0.717) is 17.4 Å². The Bertz CT molecular complexity index is 457. The first-order chi connectivity index (χ1) is 9.17. The highest BCUT2D eigenvalue weighted by molar-refractivity contribution is 9.10. The predicted molar refractivity (Wildman–Crippen MR) is 79.7 cm³/mol. The van der Waals surface area contributed by atoms with E-state index in [4.69, 9.17) is 4.74 Å². The number of carbonyl (C=O) groups is 1. The molecule has 0 bridgehead atoms. The molecule has 1 aliphatic carbocycles. The van der Waals surface area contributed by atoms with Gasteiger partial charge in [0.2, 0.25) is 0 Å². The van der Waals surface area contributed by atoms with Crippen molar-refractivity contribution < 1.29 is 9.53 Å². The van der Waals surface area contributed by atoms with Crippen LogP contribution in [-0.4, -0.2) is 30.5 Å². The molecule has 19 heavy (non-hydrogen) atoms. The summed E-state index contributed by atoms with van der Waals surface area (Å²) in [7, 11) is 1.60. The summed E-state index contributed by atoms with van der Waals surface area (Å²) in [5.74, 6) is 0.738. The zero-order chi connectivity index (χ0) is 13.8. The number of methoxy groups -OCH3 is 1. The summed E-state index contributed by atoms with van der Waals surface area (Å²) in [5.41, 5.74) is 0.661. The van der Waals surface area contributed by atoms with Gasteiger partial charge < -0.3 is 9.64 Å². The topological polar surface area (TPSA) is 29.5 Å². The van der Waals surface area contributed by atoms with Gasteiger partial charge in [0.05, 0.1) is 12.7 Å². The maximum Gasteiger partial charge on any atom is 0.257 e. The van der Waals surface area contributed by atoms with Gasteiger partial charge in [-0.3, -0.25) is 4.79 Å². The van der Waals surface area contributed by atoms with Crippen LogP contribution in [0.3, 0.4) is 0 Å². The van der Waals surface area contributed by atoms with Gasteiger partial charge in [-0.15, -0.1) is 0 Å². The molecule has 4 heteroatoms. The number of amides is 1. The Kier molecular flexibility index (Phi) is 4.86. The van der Waals surface area contributed by atoms with Gasteiger partial charge in [0, 0.05) is 17.1 Å². The largest absolute Gasteiger partial charge is 0.496 e. The van der Waals surface area contributed by atoms with Crippen LogP contribution in [0, 0.1) is 0 Å². The lowest BCUT2D eigenvalue weighted by Gasteiger charge is -2.23. The van der Waals surface area contributed by atoms with Crippen molar-refractivity contribution in [1.82, 2.24) is 4.90 Å². The van der Waals surface area contributed by atoms with E-state index in [1.807, 2.05) is 23.1 Å². The molecule has 0 N–H and O–H groups in total. The highest BCUT2D eigenvalue weighted by atomic mass is 79.9. The minimum absolute atomic E-state index is 0.0975. The van der Waals surface area contributed by atoms with Crippen molar-refractivity contribution in [3.05, 3.63) is 28.2 Å². The second-order valence-electron chi connectivity index (χ2n) is 4.93. The number of rotatable bonds is 6. The summed E-state index contributed by atoms with van der Waals surface area (Å²) < 4.78 is 6.25. The molecule has 0 atom stereocenters. The van der Waals surface area contributed by atoms with Gasteiger partial charge in [0.25, 0.3) is 5.91 Å². The third-order valence-corrected chi connectivity index (χ3v) is 3.89. The van der Waals surface area contributed by atoms with Crippen LogP contribution in [0.25, 0.3) is 0 Å². The molecule has 1 amide bonds. The van der Waals surface area contributed by atoms with Crippen LogP contribution in [-0.2, 0) is 0 Å². The highest BCUT2D eigenvalue weighted by Crippen LogP contribution is 2.31. The number of carbonyl (C=O) groups excluding carboxylic acids is 1. The Morgan fingerprint density at radius 3 is 2.79 bits per heavy atom. The van der Waals surface area contributed by atoms with Crippen LogP contribution >= 0.6 is 15.9 Å². The van der Waals surface area contributed by atoms with Crippen LogP contribution in [0.15, 0.2) is 22.7 Å². The lowest BCUT2D eigenvalue weighted by Crippen LogP contribution is -2.34. The fourth-order valence-corrected chi connectivity index (χ4v) is 2.50. The van der Waals surface area contributed by atoms with Gasteiger partial charge in [-0.1, -0.05) is 29.3 Å². The van der Waals surface area contributed by atoms with E-state index < -0.39 is 0 Å². The number of hydrogen-bond acceptors (Lipinski definition) is 2. The zero-order valence-electron chi connectivity index (χ0n) is 11.5. The molecule has 0 spiro atoms. The molecule has 0 radical (unpaired) electrons. The molecule has 0 aliphatic heterocycles. The predicted octanol–water partition coefficient (Wildman–Crippen LogP) is 3.86. The van der Waals surface area contributed by atoms with Crippen molar-refractivity contribution in [2.24, 2.45) is 0 Å². The fraction of sp³-hybridized carbons (Fsp3) is 0.533. The van der Waals surface area contributed by atoms with Crippen LogP contribution in [0.2, 0.25) is 0 Å². The summed E-state index contributed by atoms with van der Waals surface area (Å²) in [5, 5.41) is 0. The summed E-state index contributed by atoms with van der Waals surface area (Å²) in [6.07, 6.45) is 4.43. The van der Waals surface area contributed by atoms with E-state index in [-0.39, 0.29) is 5.91 Å². The number of halogens is 1. The molecular formula is C15H20BrNO2. The molecule has 1 aromatic carbocycles. The Labute approximate surface area is 123 Å². The maximum absolute atomic E-state index is 12.7. The van der Waals surface area contributed by atoms with E-state index in [1.165, 1.54) is 0 Å². The van der Waals surface area contributed by atoms with Gasteiger partial charge >= 0.3 is 0 Å². The second-order valence-corrected chi connectivity index (χ2v) is 5.84. The van der Waals surface area contributed by atoms with E-state index >= 15 is 0 Å². The minimum atomic E-state index is 0.0975. The standard InChI is InChI=1S/C15H20BrNO2/c1-3-4-9-17(12-6-7-12)15(18)13-8-5-11(16)10-14(13)19-2/h5,8,10,12H,3-4,6-7,9H2,1-2H3. The van der Waals surface area contributed by atoms with Crippen LogP contribution in [0.4, 0.5) is 0 Å². The smallest absolute Gasteiger partial charge is 0.257 e. The van der Waals surface area contributed by atoms with Gasteiger partial charge in [0.1, 0.15) is 5.75 Å². The summed E-state index contributed by atoms with van der Waals surface area (Å²) in [6.45, 7) is 3.00. The first-order valence-electron chi connectivity index (χ1n) is 6.82. The Hall–Kier alpha value is -1.03. The van der Waals surface area contributed by atoms with Crippen LogP contribution in [0.1, 0.15) is 43.0 Å².